The Labute approximate surface area is 192 Å². The van der Waals surface area contributed by atoms with Crippen LogP contribution in [0.4, 0.5) is 11.4 Å². The zero-order chi connectivity index (χ0) is 22.8. The number of nitrogens with two attached hydrogens (primary N) is 1. The molecule has 0 aliphatic carbocycles. The maximum Gasteiger partial charge on any atom is 0.305 e. The number of rotatable bonds is 5. The average molecular weight is 439 g/mol. The summed E-state index contributed by atoms with van der Waals surface area (Å²) in [4.78, 5) is 24.2. The highest BCUT2D eigenvalue weighted by atomic mass is 16.5. The van der Waals surface area contributed by atoms with Crippen molar-refractivity contribution < 1.29 is 14.3 Å². The maximum absolute atomic E-state index is 12.9. The second-order valence-corrected chi connectivity index (χ2v) is 8.63. The minimum Gasteiger partial charge on any atom is -0.465 e. The number of fused-ring (bicyclic) bond motifs is 2. The fraction of sp³-hybridized carbons (Fsp3) is 0.214. The first-order valence-corrected chi connectivity index (χ1v) is 11.3. The van der Waals surface area contributed by atoms with Crippen molar-refractivity contribution in [3.05, 3.63) is 72.8 Å². The van der Waals surface area contributed by atoms with Crippen molar-refractivity contribution >= 4 is 44.8 Å². The van der Waals surface area contributed by atoms with Crippen LogP contribution in [0.25, 0.3) is 32.7 Å². The van der Waals surface area contributed by atoms with Gasteiger partial charge in [0.1, 0.15) is 0 Å². The van der Waals surface area contributed by atoms with E-state index in [9.17, 15) is 9.59 Å². The first-order valence-electron chi connectivity index (χ1n) is 11.3. The number of carbonyl (C=O) groups is 2. The molecule has 5 nitrogen and oxygen atoms in total. The minimum absolute atomic E-state index is 0.0535. The molecule has 1 heterocycles. The number of nitrogen functional groups attached to an aromatic ring is 1. The van der Waals surface area contributed by atoms with E-state index < -0.39 is 0 Å². The van der Waals surface area contributed by atoms with Crippen molar-refractivity contribution in [2.24, 2.45) is 5.92 Å². The highest BCUT2D eigenvalue weighted by Gasteiger charge is 2.21. The summed E-state index contributed by atoms with van der Waals surface area (Å²) < 4.78 is 5.14. The highest BCUT2D eigenvalue weighted by molar-refractivity contribution is 6.14. The molecule has 0 unspecified atom stereocenters. The number of ether oxygens (including phenoxy) is 1. The number of esters is 1. The van der Waals surface area contributed by atoms with Gasteiger partial charge in [-0.05, 0) is 52.4 Å². The van der Waals surface area contributed by atoms with Crippen LogP contribution in [-0.4, -0.2) is 18.5 Å². The molecular formula is C28H26N2O3. The lowest BCUT2D eigenvalue weighted by atomic mass is 9.91. The largest absolute Gasteiger partial charge is 0.465 e. The highest BCUT2D eigenvalue weighted by Crippen LogP contribution is 2.42. The summed E-state index contributed by atoms with van der Waals surface area (Å²) in [6.45, 7) is 0.403. The van der Waals surface area contributed by atoms with Crippen LogP contribution in [0.3, 0.4) is 0 Å². The molecule has 166 valence electrons. The number of hydrogen-bond donors (Lipinski definition) is 2. The Bertz CT molecular complexity index is 1350. The Morgan fingerprint density at radius 2 is 1.58 bits per heavy atom. The van der Waals surface area contributed by atoms with Gasteiger partial charge in [0.2, 0.25) is 5.91 Å². The molecule has 1 atom stereocenters. The topological polar surface area (TPSA) is 81.4 Å². The van der Waals surface area contributed by atoms with Crippen molar-refractivity contribution in [3.8, 4) is 11.1 Å². The lowest BCUT2D eigenvalue weighted by molar-refractivity contribution is -0.149. The van der Waals surface area contributed by atoms with Crippen LogP contribution in [0, 0.1) is 5.92 Å². The first kappa shape index (κ1) is 21.0. The van der Waals surface area contributed by atoms with Gasteiger partial charge >= 0.3 is 5.97 Å². The van der Waals surface area contributed by atoms with Crippen LogP contribution < -0.4 is 11.1 Å². The zero-order valence-corrected chi connectivity index (χ0v) is 18.3. The molecule has 1 amide bonds. The second kappa shape index (κ2) is 8.94. The monoisotopic (exact) mass is 438 g/mol. The quantitative estimate of drug-likeness (QED) is 0.300. The van der Waals surface area contributed by atoms with Crippen LogP contribution in [0.2, 0.25) is 0 Å². The molecule has 33 heavy (non-hydrogen) atoms. The van der Waals surface area contributed by atoms with Gasteiger partial charge in [0.05, 0.1) is 6.61 Å². The standard InChI is InChI=1S/C28H26N2O3/c29-23-13-11-19-5-1-3-7-21(19)27(23)28-22-8-4-2-6-20(22)12-14-24(28)30-25(31)15-9-18-10-16-26(32)33-17-18/h1-8,11-14,18H,9-10,15-17,29H2,(H,30,31)/t18-/m1/s1. The summed E-state index contributed by atoms with van der Waals surface area (Å²) in [5.74, 6) is 0.0321. The summed E-state index contributed by atoms with van der Waals surface area (Å²) in [5.41, 5.74) is 9.80. The van der Waals surface area contributed by atoms with Gasteiger partial charge in [0.25, 0.3) is 0 Å². The third kappa shape index (κ3) is 4.27. The first-order chi connectivity index (χ1) is 16.1. The fourth-order valence-corrected chi connectivity index (χ4v) is 4.68. The van der Waals surface area contributed by atoms with Gasteiger partial charge in [-0.1, -0.05) is 60.7 Å². The van der Waals surface area contributed by atoms with E-state index in [1.165, 1.54) is 0 Å². The van der Waals surface area contributed by atoms with E-state index in [4.69, 9.17) is 10.5 Å². The Morgan fingerprint density at radius 3 is 2.27 bits per heavy atom. The second-order valence-electron chi connectivity index (χ2n) is 8.63. The maximum atomic E-state index is 12.9. The van der Waals surface area contributed by atoms with Crippen LogP contribution in [0.15, 0.2) is 72.8 Å². The van der Waals surface area contributed by atoms with Gasteiger partial charge in [0.15, 0.2) is 0 Å². The Kier molecular flexibility index (Phi) is 5.69. The van der Waals surface area contributed by atoms with Crippen molar-refractivity contribution in [2.45, 2.75) is 25.7 Å². The molecule has 0 radical (unpaired) electrons. The van der Waals surface area contributed by atoms with Crippen molar-refractivity contribution in [1.29, 1.82) is 0 Å². The average Bonchev–Trinajstić information content (AvgIpc) is 2.84. The smallest absolute Gasteiger partial charge is 0.305 e. The van der Waals surface area contributed by atoms with Gasteiger partial charge in [-0.25, -0.2) is 0 Å². The van der Waals surface area contributed by atoms with Gasteiger partial charge in [-0.2, -0.15) is 0 Å². The molecule has 1 aliphatic rings. The van der Waals surface area contributed by atoms with E-state index in [1.807, 2.05) is 48.5 Å². The number of amides is 1. The predicted octanol–water partition coefficient (Wildman–Crippen LogP) is 5.91. The van der Waals surface area contributed by atoms with Crippen LogP contribution in [0.5, 0.6) is 0 Å². The fourth-order valence-electron chi connectivity index (χ4n) is 4.68. The summed E-state index contributed by atoms with van der Waals surface area (Å²) in [5, 5.41) is 7.41. The van der Waals surface area contributed by atoms with Crippen molar-refractivity contribution in [1.82, 2.24) is 0 Å². The van der Waals surface area contributed by atoms with Crippen LogP contribution in [0.1, 0.15) is 25.7 Å². The summed E-state index contributed by atoms with van der Waals surface area (Å²) in [6, 6.07) is 24.2. The molecular weight excluding hydrogens is 412 g/mol. The molecule has 0 spiro atoms. The third-order valence-corrected chi connectivity index (χ3v) is 6.43. The van der Waals surface area contributed by atoms with E-state index in [0.717, 1.165) is 44.8 Å². The predicted molar refractivity (Wildman–Crippen MR) is 133 cm³/mol. The number of hydrogen-bond acceptors (Lipinski definition) is 4. The Balaban J connectivity index is 1.52. The molecule has 3 N–H and O–H groups in total. The van der Waals surface area contributed by atoms with Crippen molar-refractivity contribution in [2.75, 3.05) is 17.7 Å². The van der Waals surface area contributed by atoms with Gasteiger partial charge in [-0.15, -0.1) is 0 Å². The van der Waals surface area contributed by atoms with Gasteiger partial charge < -0.3 is 15.8 Å². The van der Waals surface area contributed by atoms with Gasteiger partial charge in [-0.3, -0.25) is 9.59 Å². The summed E-state index contributed by atoms with van der Waals surface area (Å²) in [6.07, 6.45) is 2.28. The summed E-state index contributed by atoms with van der Waals surface area (Å²) >= 11 is 0. The molecule has 0 bridgehead atoms. The molecule has 5 rings (SSSR count). The third-order valence-electron chi connectivity index (χ3n) is 6.43. The summed E-state index contributed by atoms with van der Waals surface area (Å²) in [7, 11) is 0. The molecule has 4 aromatic rings. The number of nitrogens with one attached hydrogen (secondary N) is 1. The molecule has 0 aromatic heterocycles. The normalized spacial score (nSPS) is 16.0. The SMILES string of the molecule is Nc1ccc2ccccc2c1-c1c(NC(=O)CC[C@@H]2CCC(=O)OC2)ccc2ccccc12. The lowest BCUT2D eigenvalue weighted by Gasteiger charge is -2.21. The van der Waals surface area contributed by atoms with E-state index in [2.05, 4.69) is 29.6 Å². The molecule has 0 saturated carbocycles. The van der Waals surface area contributed by atoms with E-state index >= 15 is 0 Å². The minimum atomic E-state index is -0.149. The molecule has 4 aromatic carbocycles. The Morgan fingerprint density at radius 1 is 0.909 bits per heavy atom. The number of anilines is 2. The van der Waals surface area contributed by atoms with Crippen LogP contribution in [-0.2, 0) is 14.3 Å². The number of cyclic esters (lactones) is 1. The van der Waals surface area contributed by atoms with Crippen LogP contribution >= 0.6 is 0 Å². The molecule has 1 saturated heterocycles. The van der Waals surface area contributed by atoms with E-state index in [-0.39, 0.29) is 17.8 Å². The number of carbonyl (C=O) groups excluding carboxylic acids is 2. The van der Waals surface area contributed by atoms with E-state index in [0.29, 0.717) is 31.6 Å². The number of benzene rings is 4. The molecule has 1 aliphatic heterocycles. The Hall–Kier alpha value is -3.86. The lowest BCUT2D eigenvalue weighted by Crippen LogP contribution is -2.23. The zero-order valence-electron chi connectivity index (χ0n) is 18.3. The van der Waals surface area contributed by atoms with Gasteiger partial charge in [0, 0.05) is 35.3 Å². The molecule has 5 heteroatoms. The van der Waals surface area contributed by atoms with Crippen molar-refractivity contribution in [3.63, 3.8) is 0 Å². The van der Waals surface area contributed by atoms with E-state index in [1.54, 1.807) is 0 Å². The molecule has 1 fully saturated rings.